The molecule has 1 fully saturated rings. The molecule has 1 saturated heterocycles. The van der Waals surface area contributed by atoms with Crippen LogP contribution in [-0.4, -0.2) is 33.9 Å². The van der Waals surface area contributed by atoms with Crippen LogP contribution < -0.4 is 5.32 Å². The van der Waals surface area contributed by atoms with Crippen molar-refractivity contribution in [2.45, 2.75) is 38.4 Å². The van der Waals surface area contributed by atoms with Gasteiger partial charge in [0.1, 0.15) is 6.04 Å². The van der Waals surface area contributed by atoms with Crippen molar-refractivity contribution >= 4 is 5.91 Å². The van der Waals surface area contributed by atoms with Gasteiger partial charge >= 0.3 is 0 Å². The van der Waals surface area contributed by atoms with Gasteiger partial charge in [-0.3, -0.25) is 15.1 Å². The van der Waals surface area contributed by atoms with Gasteiger partial charge in [0.2, 0.25) is 5.91 Å². The summed E-state index contributed by atoms with van der Waals surface area (Å²) in [5, 5.41) is 12.0. The summed E-state index contributed by atoms with van der Waals surface area (Å²) in [6, 6.07) is 7.31. The van der Waals surface area contributed by atoms with Crippen molar-refractivity contribution in [2.75, 3.05) is 6.54 Å². The minimum absolute atomic E-state index is 0.0217. The fraction of sp³-hybridized carbons (Fsp3) is 0.500. The molecule has 0 bridgehead atoms. The number of nitrogens with one attached hydrogen (secondary N) is 1. The highest BCUT2D eigenvalue weighted by Gasteiger charge is 2.37. The molecule has 2 rings (SSSR count). The molecule has 1 aliphatic rings. The van der Waals surface area contributed by atoms with E-state index in [9.17, 15) is 4.79 Å². The number of nitrogens with zero attached hydrogens (tertiary/aromatic N) is 3. The van der Waals surface area contributed by atoms with Crippen LogP contribution >= 0.6 is 0 Å². The smallest absolute Gasteiger partial charge is 0.241 e. The number of rotatable bonds is 3. The second kappa shape index (κ2) is 5.37. The van der Waals surface area contributed by atoms with Crippen LogP contribution in [0.3, 0.4) is 0 Å². The number of piperazine rings is 1. The number of hydrogen-bond donors (Lipinski definition) is 1. The van der Waals surface area contributed by atoms with Gasteiger partial charge in [-0.1, -0.05) is 6.07 Å². The van der Waals surface area contributed by atoms with Crippen LogP contribution in [0.15, 0.2) is 24.4 Å². The third kappa shape index (κ3) is 3.30. The third-order valence-electron chi connectivity index (χ3n) is 3.14. The molecule has 19 heavy (non-hydrogen) atoms. The number of carbonyl (C=O) groups is 1. The highest BCUT2D eigenvalue weighted by atomic mass is 16.2. The fourth-order valence-electron chi connectivity index (χ4n) is 2.41. The van der Waals surface area contributed by atoms with Crippen molar-refractivity contribution in [1.82, 2.24) is 15.2 Å². The summed E-state index contributed by atoms with van der Waals surface area (Å²) in [7, 11) is 0. The average Bonchev–Trinajstić information content (AvgIpc) is 2.36. The molecule has 1 unspecified atom stereocenters. The summed E-state index contributed by atoms with van der Waals surface area (Å²) >= 11 is 0. The molecule has 5 nitrogen and oxygen atoms in total. The number of aromatic nitrogens is 1. The van der Waals surface area contributed by atoms with Crippen molar-refractivity contribution in [2.24, 2.45) is 0 Å². The minimum Gasteiger partial charge on any atom is -0.334 e. The lowest BCUT2D eigenvalue weighted by Gasteiger charge is -2.42. The molecule has 1 amide bonds. The molecule has 1 atom stereocenters. The number of nitriles is 1. The summed E-state index contributed by atoms with van der Waals surface area (Å²) in [4.78, 5) is 18.3. The molecule has 0 spiro atoms. The van der Waals surface area contributed by atoms with Gasteiger partial charge in [0.25, 0.3) is 0 Å². The fourth-order valence-corrected chi connectivity index (χ4v) is 2.41. The Bertz CT molecular complexity index is 492. The van der Waals surface area contributed by atoms with Gasteiger partial charge in [-0.2, -0.15) is 5.26 Å². The number of carbonyl (C=O) groups excluding carboxylic acids is 1. The predicted molar refractivity (Wildman–Crippen MR) is 70.9 cm³/mol. The van der Waals surface area contributed by atoms with Crippen molar-refractivity contribution < 1.29 is 4.79 Å². The standard InChI is InChI=1S/C14H18N4O/c1-14(2)10-18(9-11-5-3-4-8-16-11)13(19)12(17-14)6-7-15/h3-5,8,12,17H,6,9-10H2,1-2H3. The van der Waals surface area contributed by atoms with E-state index in [0.717, 1.165) is 5.69 Å². The molecule has 0 aromatic carbocycles. The van der Waals surface area contributed by atoms with Crippen molar-refractivity contribution in [3.63, 3.8) is 0 Å². The van der Waals surface area contributed by atoms with Crippen LogP contribution in [0.5, 0.6) is 0 Å². The van der Waals surface area contributed by atoms with E-state index in [1.54, 1.807) is 11.1 Å². The summed E-state index contributed by atoms with van der Waals surface area (Å²) in [5.74, 6) is -0.0217. The van der Waals surface area contributed by atoms with Gasteiger partial charge in [0.15, 0.2) is 0 Å². The molecular weight excluding hydrogens is 240 g/mol. The molecule has 1 aromatic rings. The zero-order valence-electron chi connectivity index (χ0n) is 11.3. The minimum atomic E-state index is -0.419. The molecular formula is C14H18N4O. The lowest BCUT2D eigenvalue weighted by atomic mass is 9.96. The van der Waals surface area contributed by atoms with Crippen LogP contribution in [-0.2, 0) is 11.3 Å². The first kappa shape index (κ1) is 13.5. The maximum Gasteiger partial charge on any atom is 0.241 e. The van der Waals surface area contributed by atoms with Crippen molar-refractivity contribution in [1.29, 1.82) is 5.26 Å². The molecule has 2 heterocycles. The summed E-state index contributed by atoms with van der Waals surface area (Å²) in [6.45, 7) is 5.18. The zero-order chi connectivity index (χ0) is 13.9. The topological polar surface area (TPSA) is 69.0 Å². The molecule has 0 saturated carbocycles. The summed E-state index contributed by atoms with van der Waals surface area (Å²) < 4.78 is 0. The van der Waals surface area contributed by atoms with E-state index >= 15 is 0 Å². The molecule has 1 N–H and O–H groups in total. The first-order valence-corrected chi connectivity index (χ1v) is 6.35. The predicted octanol–water partition coefficient (Wildman–Crippen LogP) is 1.07. The van der Waals surface area contributed by atoms with E-state index in [4.69, 9.17) is 5.26 Å². The third-order valence-corrected chi connectivity index (χ3v) is 3.14. The highest BCUT2D eigenvalue weighted by Crippen LogP contribution is 2.18. The first-order chi connectivity index (χ1) is 9.02. The van der Waals surface area contributed by atoms with Crippen molar-refractivity contribution in [3.05, 3.63) is 30.1 Å². The monoisotopic (exact) mass is 258 g/mol. The normalized spacial score (nSPS) is 22.1. The van der Waals surface area contributed by atoms with Gasteiger partial charge < -0.3 is 4.90 Å². The van der Waals surface area contributed by atoms with Crippen LogP contribution in [0, 0.1) is 11.3 Å². The SMILES string of the molecule is CC1(C)CN(Cc2ccccn2)C(=O)C(CC#N)N1. The van der Waals surface area contributed by atoms with Crippen molar-refractivity contribution in [3.8, 4) is 6.07 Å². The second-order valence-corrected chi connectivity index (χ2v) is 5.46. The quantitative estimate of drug-likeness (QED) is 0.880. The summed E-state index contributed by atoms with van der Waals surface area (Å²) in [6.07, 6.45) is 1.92. The molecule has 1 aliphatic heterocycles. The Kier molecular flexibility index (Phi) is 3.82. The van der Waals surface area contributed by atoms with E-state index in [2.05, 4.69) is 16.4 Å². The van der Waals surface area contributed by atoms with Gasteiger partial charge in [0.05, 0.1) is 24.7 Å². The van der Waals surface area contributed by atoms with E-state index < -0.39 is 6.04 Å². The Morgan fingerprint density at radius 2 is 2.37 bits per heavy atom. The Balaban J connectivity index is 2.14. The van der Waals surface area contributed by atoms with E-state index in [1.807, 2.05) is 32.0 Å². The number of hydrogen-bond acceptors (Lipinski definition) is 4. The Labute approximate surface area is 113 Å². The largest absolute Gasteiger partial charge is 0.334 e. The lowest BCUT2D eigenvalue weighted by Crippen LogP contribution is -2.64. The Hall–Kier alpha value is -1.93. The second-order valence-electron chi connectivity index (χ2n) is 5.46. The first-order valence-electron chi connectivity index (χ1n) is 6.35. The highest BCUT2D eigenvalue weighted by molar-refractivity contribution is 5.83. The molecule has 100 valence electrons. The van der Waals surface area contributed by atoms with Crippen LogP contribution in [0.1, 0.15) is 26.0 Å². The van der Waals surface area contributed by atoms with E-state index in [-0.39, 0.29) is 17.9 Å². The molecule has 5 heteroatoms. The van der Waals surface area contributed by atoms with Gasteiger partial charge in [0, 0.05) is 18.3 Å². The van der Waals surface area contributed by atoms with Gasteiger partial charge in [-0.15, -0.1) is 0 Å². The van der Waals surface area contributed by atoms with E-state index in [0.29, 0.717) is 13.1 Å². The molecule has 0 aliphatic carbocycles. The number of pyridine rings is 1. The molecule has 0 radical (unpaired) electrons. The Morgan fingerprint density at radius 1 is 1.58 bits per heavy atom. The summed E-state index contributed by atoms with van der Waals surface area (Å²) in [5.41, 5.74) is 0.675. The maximum atomic E-state index is 12.3. The van der Waals surface area contributed by atoms with Crippen LogP contribution in [0.4, 0.5) is 0 Å². The molecule has 1 aromatic heterocycles. The average molecular weight is 258 g/mol. The Morgan fingerprint density at radius 3 is 3.00 bits per heavy atom. The van der Waals surface area contributed by atoms with Gasteiger partial charge in [-0.05, 0) is 26.0 Å². The lowest BCUT2D eigenvalue weighted by molar-refractivity contribution is -0.139. The maximum absolute atomic E-state index is 12.3. The number of amides is 1. The van der Waals surface area contributed by atoms with Gasteiger partial charge in [-0.25, -0.2) is 0 Å². The van der Waals surface area contributed by atoms with Crippen LogP contribution in [0.25, 0.3) is 0 Å². The van der Waals surface area contributed by atoms with Crippen LogP contribution in [0.2, 0.25) is 0 Å². The van der Waals surface area contributed by atoms with E-state index in [1.165, 1.54) is 0 Å². The zero-order valence-corrected chi connectivity index (χ0v) is 11.3.